The van der Waals surface area contributed by atoms with Gasteiger partial charge in [-0.05, 0) is 17.7 Å². The van der Waals surface area contributed by atoms with Gasteiger partial charge in [-0.2, -0.15) is 0 Å². The first-order valence-corrected chi connectivity index (χ1v) is 5.34. The van der Waals surface area contributed by atoms with Gasteiger partial charge in [-0.1, -0.05) is 6.07 Å². The predicted octanol–water partition coefficient (Wildman–Crippen LogP) is 0.723. The fraction of sp³-hybridized carbons (Fsp3) is 0.333. The number of carboxylic acid groups (broad SMARTS) is 1. The minimum Gasteiger partial charge on any atom is -0.494 e. The summed E-state index contributed by atoms with van der Waals surface area (Å²) in [5.41, 5.74) is 0.107. The van der Waals surface area contributed by atoms with E-state index in [1.54, 1.807) is 0 Å². The molecule has 2 N–H and O–H groups in total. The number of rotatable bonds is 6. The summed E-state index contributed by atoms with van der Waals surface area (Å²) >= 11 is 0. The van der Waals surface area contributed by atoms with Gasteiger partial charge in [0.15, 0.2) is 17.6 Å². The standard InChI is InChI=1S/C12H14FNO5/c1-18-6-10(15)14-11(12(16)17)7-3-4-9(19-2)8(13)5-7/h3-5,11H,6H2,1-2H3,(H,14,15)(H,16,17). The fourth-order valence-electron chi connectivity index (χ4n) is 1.48. The van der Waals surface area contributed by atoms with E-state index < -0.39 is 23.7 Å². The Hall–Kier alpha value is -2.15. The Bertz CT molecular complexity index is 477. The van der Waals surface area contributed by atoms with Gasteiger partial charge in [-0.3, -0.25) is 4.79 Å². The summed E-state index contributed by atoms with van der Waals surface area (Å²) in [6.45, 7) is -0.275. The molecule has 0 heterocycles. The van der Waals surface area contributed by atoms with Crippen LogP contribution in [0.5, 0.6) is 5.75 Å². The largest absolute Gasteiger partial charge is 0.494 e. The van der Waals surface area contributed by atoms with Crippen molar-refractivity contribution in [2.24, 2.45) is 0 Å². The summed E-state index contributed by atoms with van der Waals surface area (Å²) < 4.78 is 22.8. The van der Waals surface area contributed by atoms with Gasteiger partial charge in [0.1, 0.15) is 6.61 Å². The SMILES string of the molecule is COCC(=O)NC(C(=O)O)c1ccc(OC)c(F)c1. The van der Waals surface area contributed by atoms with Crippen LogP contribution in [0.1, 0.15) is 11.6 Å². The highest BCUT2D eigenvalue weighted by Crippen LogP contribution is 2.22. The van der Waals surface area contributed by atoms with Crippen molar-refractivity contribution in [1.82, 2.24) is 5.32 Å². The Kier molecular flexibility index (Phi) is 5.25. The molecule has 0 aromatic heterocycles. The topological polar surface area (TPSA) is 84.9 Å². The minimum atomic E-state index is -1.34. The van der Waals surface area contributed by atoms with E-state index in [-0.39, 0.29) is 17.9 Å². The lowest BCUT2D eigenvalue weighted by Gasteiger charge is -2.15. The third kappa shape index (κ3) is 3.92. The molecule has 1 rings (SSSR count). The molecule has 0 aliphatic carbocycles. The van der Waals surface area contributed by atoms with Crippen molar-refractivity contribution >= 4 is 11.9 Å². The van der Waals surface area contributed by atoms with Crippen molar-refractivity contribution in [3.8, 4) is 5.75 Å². The summed E-state index contributed by atoms with van der Waals surface area (Å²) in [5.74, 6) is -2.61. The molecule has 1 aromatic carbocycles. The van der Waals surface area contributed by atoms with Crippen LogP contribution in [0.2, 0.25) is 0 Å². The van der Waals surface area contributed by atoms with Crippen LogP contribution < -0.4 is 10.1 Å². The van der Waals surface area contributed by atoms with Gasteiger partial charge in [0.2, 0.25) is 5.91 Å². The highest BCUT2D eigenvalue weighted by Gasteiger charge is 2.23. The number of carbonyl (C=O) groups excluding carboxylic acids is 1. The summed E-state index contributed by atoms with van der Waals surface area (Å²) in [4.78, 5) is 22.4. The predicted molar refractivity (Wildman–Crippen MR) is 63.3 cm³/mol. The molecular formula is C12H14FNO5. The van der Waals surface area contributed by atoms with E-state index in [1.807, 2.05) is 0 Å². The molecule has 0 saturated carbocycles. The maximum absolute atomic E-state index is 13.5. The maximum Gasteiger partial charge on any atom is 0.330 e. The van der Waals surface area contributed by atoms with Gasteiger partial charge in [-0.15, -0.1) is 0 Å². The Morgan fingerprint density at radius 3 is 2.58 bits per heavy atom. The van der Waals surface area contributed by atoms with Gasteiger partial charge in [0.05, 0.1) is 7.11 Å². The number of carboxylic acids is 1. The Labute approximate surface area is 109 Å². The Morgan fingerprint density at radius 2 is 2.11 bits per heavy atom. The van der Waals surface area contributed by atoms with Crippen LogP contribution in [-0.4, -0.2) is 37.8 Å². The molecule has 7 heteroatoms. The summed E-state index contributed by atoms with van der Waals surface area (Å²) in [5, 5.41) is 11.3. The molecule has 19 heavy (non-hydrogen) atoms. The summed E-state index contributed by atoms with van der Waals surface area (Å²) in [6.07, 6.45) is 0. The number of ether oxygens (including phenoxy) is 2. The van der Waals surface area contributed by atoms with Crippen LogP contribution in [-0.2, 0) is 14.3 Å². The van der Waals surface area contributed by atoms with Crippen molar-refractivity contribution < 1.29 is 28.6 Å². The van der Waals surface area contributed by atoms with E-state index in [9.17, 15) is 14.0 Å². The van der Waals surface area contributed by atoms with E-state index in [2.05, 4.69) is 10.1 Å². The zero-order valence-electron chi connectivity index (χ0n) is 10.5. The normalized spacial score (nSPS) is 11.7. The second kappa shape index (κ2) is 6.69. The van der Waals surface area contributed by atoms with Crippen molar-refractivity contribution in [3.63, 3.8) is 0 Å². The quantitative estimate of drug-likeness (QED) is 0.796. The smallest absolute Gasteiger partial charge is 0.330 e. The second-order valence-electron chi connectivity index (χ2n) is 3.67. The van der Waals surface area contributed by atoms with Crippen LogP contribution in [0.15, 0.2) is 18.2 Å². The molecule has 0 aliphatic rings. The molecule has 1 aromatic rings. The monoisotopic (exact) mass is 271 g/mol. The number of amides is 1. The van der Waals surface area contributed by atoms with Crippen molar-refractivity contribution in [2.45, 2.75) is 6.04 Å². The van der Waals surface area contributed by atoms with Gasteiger partial charge in [0, 0.05) is 7.11 Å². The lowest BCUT2D eigenvalue weighted by molar-refractivity contribution is -0.142. The van der Waals surface area contributed by atoms with E-state index in [4.69, 9.17) is 9.84 Å². The highest BCUT2D eigenvalue weighted by molar-refractivity contribution is 5.85. The van der Waals surface area contributed by atoms with Crippen LogP contribution in [0.25, 0.3) is 0 Å². The molecule has 0 saturated heterocycles. The van der Waals surface area contributed by atoms with Crippen LogP contribution in [0, 0.1) is 5.82 Å². The van der Waals surface area contributed by atoms with E-state index in [1.165, 1.54) is 26.4 Å². The molecule has 1 atom stereocenters. The molecule has 6 nitrogen and oxygen atoms in total. The molecule has 1 amide bonds. The molecular weight excluding hydrogens is 257 g/mol. The molecule has 0 bridgehead atoms. The van der Waals surface area contributed by atoms with Crippen molar-refractivity contribution in [3.05, 3.63) is 29.6 Å². The number of hydrogen-bond acceptors (Lipinski definition) is 4. The Balaban J connectivity index is 2.96. The lowest BCUT2D eigenvalue weighted by Crippen LogP contribution is -2.35. The summed E-state index contributed by atoms with van der Waals surface area (Å²) in [6, 6.07) is 2.32. The third-order valence-electron chi connectivity index (χ3n) is 2.34. The first-order chi connectivity index (χ1) is 8.99. The van der Waals surface area contributed by atoms with Crippen molar-refractivity contribution in [2.75, 3.05) is 20.8 Å². The number of methoxy groups -OCH3 is 2. The number of hydrogen-bond donors (Lipinski definition) is 2. The molecule has 0 aliphatic heterocycles. The molecule has 0 radical (unpaired) electrons. The van der Waals surface area contributed by atoms with Crippen LogP contribution in [0.3, 0.4) is 0 Å². The second-order valence-corrected chi connectivity index (χ2v) is 3.67. The highest BCUT2D eigenvalue weighted by atomic mass is 19.1. The third-order valence-corrected chi connectivity index (χ3v) is 2.34. The molecule has 104 valence electrons. The van der Waals surface area contributed by atoms with Crippen molar-refractivity contribution in [1.29, 1.82) is 0 Å². The fourth-order valence-corrected chi connectivity index (χ4v) is 1.48. The number of nitrogens with one attached hydrogen (secondary N) is 1. The van der Waals surface area contributed by atoms with Gasteiger partial charge in [0.25, 0.3) is 0 Å². The number of carbonyl (C=O) groups is 2. The summed E-state index contributed by atoms with van der Waals surface area (Å²) in [7, 11) is 2.61. The van der Waals surface area contributed by atoms with Crippen LogP contribution >= 0.6 is 0 Å². The average molecular weight is 271 g/mol. The molecule has 0 spiro atoms. The van der Waals surface area contributed by atoms with Gasteiger partial charge >= 0.3 is 5.97 Å². The van der Waals surface area contributed by atoms with Gasteiger partial charge in [-0.25, -0.2) is 9.18 Å². The zero-order chi connectivity index (χ0) is 14.4. The average Bonchev–Trinajstić information content (AvgIpc) is 2.36. The van der Waals surface area contributed by atoms with E-state index in [0.717, 1.165) is 6.07 Å². The number of aliphatic carboxylic acids is 1. The maximum atomic E-state index is 13.5. The van der Waals surface area contributed by atoms with Gasteiger partial charge < -0.3 is 19.9 Å². The van der Waals surface area contributed by atoms with E-state index in [0.29, 0.717) is 0 Å². The Morgan fingerprint density at radius 1 is 1.42 bits per heavy atom. The molecule has 0 fully saturated rings. The van der Waals surface area contributed by atoms with Crippen LogP contribution in [0.4, 0.5) is 4.39 Å². The zero-order valence-corrected chi connectivity index (χ0v) is 10.5. The first-order valence-electron chi connectivity index (χ1n) is 5.34. The molecule has 1 unspecified atom stereocenters. The first kappa shape index (κ1) is 14.9. The lowest BCUT2D eigenvalue weighted by atomic mass is 10.1. The van der Waals surface area contributed by atoms with E-state index >= 15 is 0 Å². The number of halogens is 1. The number of benzene rings is 1. The minimum absolute atomic E-state index is 0.00360.